The number of carboxylic acids is 1. The number of oxime groups is 1. The third-order valence-corrected chi connectivity index (χ3v) is 7.09. The Morgan fingerprint density at radius 1 is 1.50 bits per heavy atom. The monoisotopic (exact) mass is 497 g/mol. The fourth-order valence-corrected chi connectivity index (χ4v) is 5.20. The van der Waals surface area contributed by atoms with E-state index in [0.717, 1.165) is 22.0 Å². The van der Waals surface area contributed by atoms with Crippen LogP contribution in [0.1, 0.15) is 5.69 Å². The molecule has 0 radical (unpaired) electrons. The van der Waals surface area contributed by atoms with Crippen molar-refractivity contribution in [3.63, 3.8) is 0 Å². The number of hydrogen-bond acceptors (Lipinski definition) is 10. The van der Waals surface area contributed by atoms with E-state index in [1.54, 1.807) is 17.8 Å². The highest BCUT2D eigenvalue weighted by Gasteiger charge is 2.53. The molecule has 0 bridgehead atoms. The molecule has 1 aromatic rings. The summed E-state index contributed by atoms with van der Waals surface area (Å²) in [4.78, 5) is 58.0. The van der Waals surface area contributed by atoms with Crippen LogP contribution in [0.25, 0.3) is 0 Å². The van der Waals surface area contributed by atoms with Gasteiger partial charge in [-0.15, -0.1) is 29.7 Å². The highest BCUT2D eigenvalue weighted by atomic mass is 32.2. The number of carbonyl (C=O) groups is 4. The lowest BCUT2D eigenvalue weighted by Gasteiger charge is -2.48. The fourth-order valence-electron chi connectivity index (χ4n) is 2.82. The lowest BCUT2D eigenvalue weighted by atomic mass is 10.0. The Morgan fingerprint density at radius 2 is 2.31 bits per heavy atom. The molecule has 0 aliphatic carbocycles. The van der Waals surface area contributed by atoms with Crippen LogP contribution < -0.4 is 10.6 Å². The minimum Gasteiger partial charge on any atom is -0.477 e. The lowest BCUT2D eigenvalue weighted by molar-refractivity contribution is -0.150. The maximum absolute atomic E-state index is 12.9. The predicted octanol–water partition coefficient (Wildman–Crippen LogP) is 0.720. The largest absolute Gasteiger partial charge is 0.477 e. The quantitative estimate of drug-likeness (QED) is 0.0948. The van der Waals surface area contributed by atoms with Crippen LogP contribution in [-0.4, -0.2) is 80.2 Å². The van der Waals surface area contributed by atoms with E-state index in [0.29, 0.717) is 17.9 Å². The van der Waals surface area contributed by atoms with Gasteiger partial charge in [-0.1, -0.05) is 11.2 Å². The molecule has 32 heavy (non-hydrogen) atoms. The zero-order valence-corrected chi connectivity index (χ0v) is 19.0. The van der Waals surface area contributed by atoms with E-state index in [1.165, 1.54) is 23.2 Å². The normalized spacial score (nSPS) is 19.9. The van der Waals surface area contributed by atoms with Gasteiger partial charge in [0.25, 0.3) is 11.8 Å². The number of carboxylic acid groups (broad SMARTS) is 1. The van der Waals surface area contributed by atoms with Crippen LogP contribution in [0.4, 0.5) is 5.13 Å². The number of fused-ring (bicyclic) bond motifs is 1. The van der Waals surface area contributed by atoms with Crippen molar-refractivity contribution in [3.05, 3.63) is 35.5 Å². The molecule has 1 fully saturated rings. The Morgan fingerprint density at radius 3 is 3.03 bits per heavy atom. The van der Waals surface area contributed by atoms with Crippen LogP contribution in [-0.2, 0) is 24.0 Å². The number of carbonyl (C=O) groups excluding carboxylic acids is 3. The highest BCUT2D eigenvalue weighted by molar-refractivity contribution is 8.00. The molecule has 170 valence electrons. The minimum atomic E-state index is -1.20. The average molecular weight is 498 g/mol. The first-order valence-corrected chi connectivity index (χ1v) is 12.3. The molecular formula is C18H19N5O6S3. The predicted molar refractivity (Wildman–Crippen MR) is 123 cm³/mol. The van der Waals surface area contributed by atoms with Crippen LogP contribution in [0.5, 0.6) is 0 Å². The highest BCUT2D eigenvalue weighted by Crippen LogP contribution is 2.37. The van der Waals surface area contributed by atoms with Crippen molar-refractivity contribution in [1.29, 1.82) is 0 Å². The SMILES string of the molecule is C=CCSCCON=C(C(=O)NC1C(=O)N2C(C(=O)O)=CCS[C@@H]12)c1csc(NC=O)n1. The second-order valence-electron chi connectivity index (χ2n) is 6.21. The van der Waals surface area contributed by atoms with Gasteiger partial charge in [0.2, 0.25) is 6.41 Å². The summed E-state index contributed by atoms with van der Waals surface area (Å²) in [6.07, 6.45) is 3.68. The van der Waals surface area contributed by atoms with Crippen molar-refractivity contribution >= 4 is 69.9 Å². The molecule has 2 atom stereocenters. The second-order valence-corrected chi connectivity index (χ2v) is 9.37. The molecule has 1 aromatic heterocycles. The molecule has 1 saturated heterocycles. The topological polar surface area (TPSA) is 150 Å². The zero-order valence-electron chi connectivity index (χ0n) is 16.6. The number of nitrogens with zero attached hydrogens (tertiary/aromatic N) is 3. The second kappa shape index (κ2) is 11.2. The van der Waals surface area contributed by atoms with E-state index in [-0.39, 0.29) is 28.8 Å². The van der Waals surface area contributed by atoms with Gasteiger partial charge in [0, 0.05) is 22.6 Å². The molecule has 14 heteroatoms. The summed E-state index contributed by atoms with van der Waals surface area (Å²) < 4.78 is 0. The molecule has 3 heterocycles. The fraction of sp³-hybridized carbons (Fsp3) is 0.333. The Labute approximate surface area is 195 Å². The summed E-state index contributed by atoms with van der Waals surface area (Å²) in [6.45, 7) is 3.86. The molecule has 2 aliphatic heterocycles. The van der Waals surface area contributed by atoms with Crippen molar-refractivity contribution in [3.8, 4) is 0 Å². The Bertz CT molecular complexity index is 978. The van der Waals surface area contributed by atoms with Gasteiger partial charge < -0.3 is 20.6 Å². The molecule has 3 N–H and O–H groups in total. The molecule has 2 aliphatic rings. The van der Waals surface area contributed by atoms with E-state index >= 15 is 0 Å². The van der Waals surface area contributed by atoms with Crippen LogP contribution in [0.3, 0.4) is 0 Å². The Hall–Kier alpha value is -2.84. The molecule has 0 aromatic carbocycles. The summed E-state index contributed by atoms with van der Waals surface area (Å²) in [5.41, 5.74) is -0.0841. The molecular weight excluding hydrogens is 478 g/mol. The Kier molecular flexibility index (Phi) is 8.30. The number of hydrogen-bond donors (Lipinski definition) is 3. The Balaban J connectivity index is 1.71. The summed E-state index contributed by atoms with van der Waals surface area (Å²) >= 11 is 4.01. The van der Waals surface area contributed by atoms with Crippen molar-refractivity contribution in [2.45, 2.75) is 11.4 Å². The first-order valence-electron chi connectivity index (χ1n) is 9.21. The third kappa shape index (κ3) is 5.31. The van der Waals surface area contributed by atoms with E-state index < -0.39 is 29.2 Å². The summed E-state index contributed by atoms with van der Waals surface area (Å²) in [5.74, 6) is -0.640. The van der Waals surface area contributed by atoms with E-state index in [2.05, 4.69) is 27.4 Å². The van der Waals surface area contributed by atoms with Crippen LogP contribution in [0.2, 0.25) is 0 Å². The number of rotatable bonds is 12. The molecule has 3 amide bonds. The van der Waals surface area contributed by atoms with Crippen LogP contribution in [0.15, 0.2) is 35.0 Å². The molecule has 0 saturated carbocycles. The number of thiazole rings is 1. The molecule has 0 spiro atoms. The first-order chi connectivity index (χ1) is 15.5. The number of aromatic nitrogens is 1. The van der Waals surface area contributed by atoms with Crippen LogP contribution in [0, 0.1) is 0 Å². The molecule has 11 nitrogen and oxygen atoms in total. The first kappa shape index (κ1) is 23.8. The van der Waals surface area contributed by atoms with E-state index in [4.69, 9.17) is 4.84 Å². The van der Waals surface area contributed by atoms with Gasteiger partial charge in [-0.05, 0) is 6.08 Å². The number of anilines is 1. The maximum Gasteiger partial charge on any atom is 0.352 e. The van der Waals surface area contributed by atoms with Gasteiger partial charge >= 0.3 is 5.97 Å². The van der Waals surface area contributed by atoms with Gasteiger partial charge in [0.1, 0.15) is 29.4 Å². The minimum absolute atomic E-state index is 0.0948. The average Bonchev–Trinajstić information content (AvgIpc) is 3.24. The van der Waals surface area contributed by atoms with Gasteiger partial charge in [-0.25, -0.2) is 9.78 Å². The number of thioether (sulfide) groups is 2. The smallest absolute Gasteiger partial charge is 0.352 e. The van der Waals surface area contributed by atoms with Crippen LogP contribution >= 0.6 is 34.9 Å². The molecule has 3 rings (SSSR count). The summed E-state index contributed by atoms with van der Waals surface area (Å²) in [6, 6.07) is -0.907. The van der Waals surface area contributed by atoms with E-state index in [9.17, 15) is 24.3 Å². The third-order valence-electron chi connectivity index (χ3n) is 4.21. The lowest BCUT2D eigenvalue weighted by Crippen LogP contribution is -2.70. The van der Waals surface area contributed by atoms with Gasteiger partial charge in [-0.3, -0.25) is 19.3 Å². The number of aliphatic carboxylic acids is 1. The summed E-state index contributed by atoms with van der Waals surface area (Å²) in [5, 5.41) is 19.4. The number of β-lactam (4-membered cyclic amide) rings is 1. The number of amides is 3. The van der Waals surface area contributed by atoms with Crippen molar-refractivity contribution in [2.24, 2.45) is 5.16 Å². The van der Waals surface area contributed by atoms with Gasteiger partial charge in [-0.2, -0.15) is 11.8 Å². The van der Waals surface area contributed by atoms with Gasteiger partial charge in [0.05, 0.1) is 0 Å². The zero-order chi connectivity index (χ0) is 23.1. The van der Waals surface area contributed by atoms with Crippen molar-refractivity contribution in [1.82, 2.24) is 15.2 Å². The van der Waals surface area contributed by atoms with Crippen molar-refractivity contribution in [2.75, 3.05) is 29.2 Å². The maximum atomic E-state index is 12.9. The van der Waals surface area contributed by atoms with E-state index in [1.807, 2.05) is 0 Å². The summed E-state index contributed by atoms with van der Waals surface area (Å²) in [7, 11) is 0. The molecule has 1 unspecified atom stereocenters. The standard InChI is InChI=1S/C18H19N5O6S3/c1-2-5-30-7-4-29-22-12(10-8-32-18(20-10)19-9-24)14(25)21-13-15(26)23-11(17(27)28)3-6-31-16(13)23/h2-3,8-9,13,16H,1,4-7H2,(H,21,25)(H,27,28)(H,19,20,24)/t13?,16-/m0/s1. The number of nitrogens with one attached hydrogen (secondary N) is 2. The van der Waals surface area contributed by atoms with Crippen molar-refractivity contribution < 1.29 is 29.1 Å². The van der Waals surface area contributed by atoms with Gasteiger partial charge in [0.15, 0.2) is 10.8 Å².